The van der Waals surface area contributed by atoms with E-state index < -0.39 is 5.41 Å². The van der Waals surface area contributed by atoms with Crippen molar-refractivity contribution in [1.82, 2.24) is 0 Å². The van der Waals surface area contributed by atoms with Gasteiger partial charge >= 0.3 is 0 Å². The number of rotatable bonds is 5. The Labute approximate surface area is 139 Å². The van der Waals surface area contributed by atoms with Gasteiger partial charge in [-0.3, -0.25) is 0 Å². The summed E-state index contributed by atoms with van der Waals surface area (Å²) in [5.41, 5.74) is 2.17. The fraction of sp³-hybridized carbons (Fsp3) is 0.294. The third-order valence-electron chi connectivity index (χ3n) is 3.76. The molecule has 0 amide bonds. The van der Waals surface area contributed by atoms with Gasteiger partial charge in [0.1, 0.15) is 5.82 Å². The average molecular weight is 346 g/mol. The minimum absolute atomic E-state index is 0.285. The summed E-state index contributed by atoms with van der Waals surface area (Å²) >= 11 is 18.4. The van der Waals surface area contributed by atoms with Gasteiger partial charge in [0.25, 0.3) is 0 Å². The molecule has 0 spiro atoms. The van der Waals surface area contributed by atoms with Crippen LogP contribution in [0.25, 0.3) is 0 Å². The molecule has 0 atom stereocenters. The zero-order valence-electron chi connectivity index (χ0n) is 11.7. The first-order chi connectivity index (χ1) is 10.0. The molecule has 0 saturated heterocycles. The lowest BCUT2D eigenvalue weighted by molar-refractivity contribution is 0.509. The van der Waals surface area contributed by atoms with Crippen LogP contribution in [-0.2, 0) is 11.8 Å². The molecule has 0 aromatic heterocycles. The van der Waals surface area contributed by atoms with Gasteiger partial charge in [-0.25, -0.2) is 4.39 Å². The second-order valence-corrected chi connectivity index (χ2v) is 6.25. The van der Waals surface area contributed by atoms with E-state index in [0.717, 1.165) is 11.1 Å². The summed E-state index contributed by atoms with van der Waals surface area (Å²) in [5.74, 6) is 0.341. The van der Waals surface area contributed by atoms with E-state index in [1.54, 1.807) is 6.07 Å². The van der Waals surface area contributed by atoms with Crippen LogP contribution in [0.15, 0.2) is 42.5 Å². The Hall–Kier alpha value is -0.760. The second-order valence-electron chi connectivity index (χ2n) is 5.28. The van der Waals surface area contributed by atoms with E-state index in [1.165, 1.54) is 12.1 Å². The highest BCUT2D eigenvalue weighted by atomic mass is 35.5. The van der Waals surface area contributed by atoms with Crippen LogP contribution in [0.2, 0.25) is 5.02 Å². The van der Waals surface area contributed by atoms with Crippen molar-refractivity contribution in [3.05, 3.63) is 70.0 Å². The molecule has 0 aliphatic carbocycles. The molecule has 2 rings (SSSR count). The van der Waals surface area contributed by atoms with Gasteiger partial charge in [-0.1, -0.05) is 35.9 Å². The molecule has 0 bridgehead atoms. The highest BCUT2D eigenvalue weighted by molar-refractivity contribution is 6.30. The summed E-state index contributed by atoms with van der Waals surface area (Å²) in [6, 6.07) is 12.5. The topological polar surface area (TPSA) is 0 Å². The van der Waals surface area contributed by atoms with Crippen LogP contribution in [0.5, 0.6) is 0 Å². The van der Waals surface area contributed by atoms with Gasteiger partial charge in [-0.05, 0) is 48.2 Å². The monoisotopic (exact) mass is 344 g/mol. The van der Waals surface area contributed by atoms with Crippen LogP contribution >= 0.6 is 34.8 Å². The summed E-state index contributed by atoms with van der Waals surface area (Å²) < 4.78 is 14.0. The molecule has 0 aliphatic rings. The summed E-state index contributed by atoms with van der Waals surface area (Å²) in [6.07, 6.45) is 0.414. The first kappa shape index (κ1) is 16.6. The van der Waals surface area contributed by atoms with Crippen LogP contribution in [0.1, 0.15) is 16.7 Å². The SMILES string of the molecule is Cc1ccccc1C(CCl)(CCl)Cc1cc(Cl)ccc1F. The summed E-state index contributed by atoms with van der Waals surface area (Å²) in [6.45, 7) is 2.01. The van der Waals surface area contributed by atoms with Crippen LogP contribution in [0.4, 0.5) is 4.39 Å². The number of benzene rings is 2. The average Bonchev–Trinajstić information content (AvgIpc) is 2.49. The van der Waals surface area contributed by atoms with E-state index in [1.807, 2.05) is 31.2 Å². The maximum absolute atomic E-state index is 14.0. The lowest BCUT2D eigenvalue weighted by Crippen LogP contribution is -2.34. The minimum atomic E-state index is -0.514. The van der Waals surface area contributed by atoms with Crippen molar-refractivity contribution in [3.63, 3.8) is 0 Å². The largest absolute Gasteiger partial charge is 0.207 e. The first-order valence-corrected chi connectivity index (χ1v) is 8.09. The smallest absolute Gasteiger partial charge is 0.126 e. The van der Waals surface area contributed by atoms with Crippen LogP contribution in [-0.4, -0.2) is 11.8 Å². The van der Waals surface area contributed by atoms with E-state index in [-0.39, 0.29) is 5.82 Å². The Balaban J connectivity index is 2.48. The highest BCUT2D eigenvalue weighted by Crippen LogP contribution is 2.35. The number of alkyl halides is 2. The molecule has 0 heterocycles. The number of hydrogen-bond acceptors (Lipinski definition) is 0. The van der Waals surface area contributed by atoms with E-state index in [0.29, 0.717) is 28.8 Å². The van der Waals surface area contributed by atoms with Crippen molar-refractivity contribution < 1.29 is 4.39 Å². The van der Waals surface area contributed by atoms with Crippen LogP contribution < -0.4 is 0 Å². The molecule has 112 valence electrons. The fourth-order valence-corrected chi connectivity index (χ4v) is 3.54. The molecular weight excluding hydrogens is 330 g/mol. The van der Waals surface area contributed by atoms with E-state index in [2.05, 4.69) is 0 Å². The molecule has 0 unspecified atom stereocenters. The zero-order valence-corrected chi connectivity index (χ0v) is 13.9. The third-order valence-corrected chi connectivity index (χ3v) is 5.02. The van der Waals surface area contributed by atoms with Crippen LogP contribution in [0.3, 0.4) is 0 Å². The van der Waals surface area contributed by atoms with Gasteiger partial charge in [0, 0.05) is 22.2 Å². The molecule has 2 aromatic carbocycles. The van der Waals surface area contributed by atoms with Gasteiger partial charge in [0.05, 0.1) is 0 Å². The highest BCUT2D eigenvalue weighted by Gasteiger charge is 2.33. The molecule has 0 saturated carbocycles. The first-order valence-electron chi connectivity index (χ1n) is 6.64. The standard InChI is InChI=1S/C17H16Cl3F/c1-12-4-2-3-5-15(12)17(10-18,11-19)9-13-8-14(20)6-7-16(13)21/h2-8H,9-11H2,1H3. The fourth-order valence-electron chi connectivity index (χ4n) is 2.58. The summed E-state index contributed by atoms with van der Waals surface area (Å²) in [7, 11) is 0. The van der Waals surface area contributed by atoms with Gasteiger partial charge in [-0.15, -0.1) is 23.2 Å². The van der Waals surface area contributed by atoms with Gasteiger partial charge in [0.15, 0.2) is 0 Å². The number of hydrogen-bond donors (Lipinski definition) is 0. The maximum atomic E-state index is 14.0. The van der Waals surface area contributed by atoms with Gasteiger partial charge < -0.3 is 0 Å². The molecule has 0 fully saturated rings. The van der Waals surface area contributed by atoms with Crippen LogP contribution in [0, 0.1) is 12.7 Å². The maximum Gasteiger partial charge on any atom is 0.126 e. The molecule has 0 aliphatic heterocycles. The molecule has 0 N–H and O–H groups in total. The predicted molar refractivity (Wildman–Crippen MR) is 89.4 cm³/mol. The summed E-state index contributed by atoms with van der Waals surface area (Å²) in [4.78, 5) is 0. The van der Waals surface area contributed by atoms with Gasteiger partial charge in [-0.2, -0.15) is 0 Å². The Bertz CT molecular complexity index is 621. The summed E-state index contributed by atoms with van der Waals surface area (Å²) in [5, 5.41) is 0.509. The Morgan fingerprint density at radius 2 is 1.71 bits per heavy atom. The third kappa shape index (κ3) is 3.53. The van der Waals surface area contributed by atoms with Crippen molar-refractivity contribution in [1.29, 1.82) is 0 Å². The van der Waals surface area contributed by atoms with Crippen molar-refractivity contribution >= 4 is 34.8 Å². The lowest BCUT2D eigenvalue weighted by Gasteiger charge is -2.32. The lowest BCUT2D eigenvalue weighted by atomic mass is 9.77. The minimum Gasteiger partial charge on any atom is -0.207 e. The second kappa shape index (κ2) is 7.00. The number of halogens is 4. The Kier molecular flexibility index (Phi) is 5.54. The van der Waals surface area contributed by atoms with Gasteiger partial charge in [0.2, 0.25) is 0 Å². The van der Waals surface area contributed by atoms with Crippen molar-refractivity contribution in [2.45, 2.75) is 18.8 Å². The molecule has 4 heteroatoms. The molecule has 2 aromatic rings. The normalized spacial score (nSPS) is 11.7. The Morgan fingerprint density at radius 1 is 1.05 bits per heavy atom. The molecule has 0 nitrogen and oxygen atoms in total. The van der Waals surface area contributed by atoms with Crippen molar-refractivity contribution in [3.8, 4) is 0 Å². The molecule has 21 heavy (non-hydrogen) atoms. The van der Waals surface area contributed by atoms with Crippen molar-refractivity contribution in [2.24, 2.45) is 0 Å². The zero-order chi connectivity index (χ0) is 15.5. The Morgan fingerprint density at radius 3 is 2.33 bits per heavy atom. The van der Waals surface area contributed by atoms with E-state index in [4.69, 9.17) is 34.8 Å². The van der Waals surface area contributed by atoms with E-state index in [9.17, 15) is 4.39 Å². The molecule has 0 radical (unpaired) electrons. The van der Waals surface area contributed by atoms with Crippen molar-refractivity contribution in [2.75, 3.05) is 11.8 Å². The quantitative estimate of drug-likeness (QED) is 0.606. The predicted octanol–water partition coefficient (Wildman–Crippen LogP) is 5.75. The number of aryl methyl sites for hydroxylation is 1. The van der Waals surface area contributed by atoms with E-state index >= 15 is 0 Å². The molecular formula is C17H16Cl3F.